The highest BCUT2D eigenvalue weighted by Gasteiger charge is 2.28. The molecule has 29 heavy (non-hydrogen) atoms. The Balaban J connectivity index is 1.73. The van der Waals surface area contributed by atoms with Gasteiger partial charge in [-0.25, -0.2) is 14.8 Å². The fourth-order valence-electron chi connectivity index (χ4n) is 3.12. The van der Waals surface area contributed by atoms with Crippen molar-refractivity contribution in [2.45, 2.75) is 6.10 Å². The summed E-state index contributed by atoms with van der Waals surface area (Å²) in [7, 11) is 0. The van der Waals surface area contributed by atoms with Crippen LogP contribution in [-0.4, -0.2) is 46.6 Å². The largest absolute Gasteiger partial charge is 0.479 e. The molecule has 0 amide bonds. The molecule has 1 aromatic carbocycles. The Bertz CT molecular complexity index is 1070. The molecule has 0 saturated carbocycles. The van der Waals surface area contributed by atoms with Crippen LogP contribution in [0.3, 0.4) is 0 Å². The van der Waals surface area contributed by atoms with Crippen molar-refractivity contribution in [2.24, 2.45) is 4.99 Å². The Labute approximate surface area is 167 Å². The van der Waals surface area contributed by atoms with Crippen molar-refractivity contribution in [3.05, 3.63) is 78.4 Å². The number of nitrogens with zero attached hydrogens (tertiary/aromatic N) is 3. The molecule has 7 nitrogen and oxygen atoms in total. The first kappa shape index (κ1) is 18.5. The molecule has 7 heteroatoms. The van der Waals surface area contributed by atoms with Gasteiger partial charge in [0.1, 0.15) is 18.4 Å². The lowest BCUT2D eigenvalue weighted by atomic mass is 10.1. The quantitative estimate of drug-likeness (QED) is 0.805. The molecule has 0 spiro atoms. The minimum Gasteiger partial charge on any atom is -0.479 e. The molecule has 1 unspecified atom stereocenters. The van der Waals surface area contributed by atoms with Crippen molar-refractivity contribution in [2.75, 3.05) is 13.2 Å². The van der Waals surface area contributed by atoms with E-state index in [4.69, 9.17) is 9.47 Å². The van der Waals surface area contributed by atoms with Crippen LogP contribution < -0.4 is 4.74 Å². The van der Waals surface area contributed by atoms with Crippen molar-refractivity contribution in [3.63, 3.8) is 0 Å². The number of aromatic nitrogens is 1. The lowest BCUT2D eigenvalue weighted by Gasteiger charge is -2.17. The van der Waals surface area contributed by atoms with Gasteiger partial charge in [0.05, 0.1) is 6.54 Å². The predicted molar refractivity (Wildman–Crippen MR) is 110 cm³/mol. The van der Waals surface area contributed by atoms with Crippen LogP contribution in [0.2, 0.25) is 0 Å². The molecule has 3 heterocycles. The summed E-state index contributed by atoms with van der Waals surface area (Å²) in [4.78, 5) is 21.5. The number of hydrogen-bond donors (Lipinski definition) is 1. The second-order valence-corrected chi connectivity index (χ2v) is 6.44. The summed E-state index contributed by atoms with van der Waals surface area (Å²) in [5.74, 6) is -0.562. The Morgan fingerprint density at radius 3 is 3.07 bits per heavy atom. The Hall–Kier alpha value is -3.87. The standard InChI is InChI=1S/C22H19N3O4/c26-22(27)20-13-18-14-25(20)10-9-23-15-28-11-3-1-2-4-16-5-6-17-7-8-24-21(29-18)19(17)12-16/h1-10,12-13,15,18H,11,14H2,(H,26,27)/b3-1+,4-2+,10-9+,23-15+. The molecule has 2 aromatic rings. The zero-order chi connectivity index (χ0) is 20.1. The van der Waals surface area contributed by atoms with Gasteiger partial charge >= 0.3 is 5.97 Å². The number of aliphatic imine (C=N–C) groups is 1. The maximum Gasteiger partial charge on any atom is 0.352 e. The molecule has 0 fully saturated rings. The van der Waals surface area contributed by atoms with Gasteiger partial charge in [0.15, 0.2) is 6.40 Å². The Kier molecular flexibility index (Phi) is 5.38. The van der Waals surface area contributed by atoms with Crippen LogP contribution in [0.4, 0.5) is 0 Å². The van der Waals surface area contributed by atoms with Crippen molar-refractivity contribution in [1.82, 2.24) is 9.88 Å². The first-order chi connectivity index (χ1) is 14.2. The average molecular weight is 389 g/mol. The topological polar surface area (TPSA) is 84.2 Å². The van der Waals surface area contributed by atoms with Gasteiger partial charge in [0.25, 0.3) is 0 Å². The van der Waals surface area contributed by atoms with Gasteiger partial charge < -0.3 is 19.5 Å². The minimum atomic E-state index is -1.03. The smallest absolute Gasteiger partial charge is 0.352 e. The van der Waals surface area contributed by atoms with Crippen molar-refractivity contribution in [1.29, 1.82) is 0 Å². The number of benzene rings is 1. The zero-order valence-electron chi connectivity index (χ0n) is 15.5. The first-order valence-electron chi connectivity index (χ1n) is 9.11. The van der Waals surface area contributed by atoms with Crippen LogP contribution in [0.5, 0.6) is 5.88 Å². The summed E-state index contributed by atoms with van der Waals surface area (Å²) in [5, 5.41) is 11.4. The first-order valence-corrected chi connectivity index (χ1v) is 9.11. The molecule has 0 aliphatic carbocycles. The zero-order valence-corrected chi connectivity index (χ0v) is 15.5. The minimum absolute atomic E-state index is 0.132. The highest BCUT2D eigenvalue weighted by molar-refractivity contribution is 5.89. The summed E-state index contributed by atoms with van der Waals surface area (Å²) in [6, 6.07) is 7.94. The van der Waals surface area contributed by atoms with Crippen LogP contribution in [0, 0.1) is 0 Å². The number of fused-ring (bicyclic) bond motifs is 3. The van der Waals surface area contributed by atoms with E-state index in [9.17, 15) is 9.90 Å². The molecule has 0 radical (unpaired) electrons. The number of pyridine rings is 1. The molecule has 2 aliphatic heterocycles. The third-order valence-electron chi connectivity index (χ3n) is 4.46. The molecular formula is C22H19N3O4. The van der Waals surface area contributed by atoms with Crippen LogP contribution in [-0.2, 0) is 9.53 Å². The monoisotopic (exact) mass is 389 g/mol. The number of ether oxygens (including phenoxy) is 2. The lowest BCUT2D eigenvalue weighted by Crippen LogP contribution is -2.24. The third kappa shape index (κ3) is 4.35. The van der Waals surface area contributed by atoms with Crippen LogP contribution in [0.1, 0.15) is 5.56 Å². The number of aliphatic carboxylic acids is 1. The SMILES string of the molecule is O=C(O)C1=CC2CN1/C=C/N=C/OC/C=C/C=C/c1ccc3ccnc(c3c1)O2. The number of carboxylic acids is 1. The fraction of sp³-hybridized carbons (Fsp3) is 0.136. The summed E-state index contributed by atoms with van der Waals surface area (Å²) in [5.41, 5.74) is 1.13. The van der Waals surface area contributed by atoms with E-state index in [0.29, 0.717) is 19.0 Å². The number of hydrogen-bond acceptors (Lipinski definition) is 6. The second kappa shape index (κ2) is 8.43. The number of rotatable bonds is 1. The number of carbonyl (C=O) groups is 1. The maximum atomic E-state index is 11.6. The molecular weight excluding hydrogens is 370 g/mol. The van der Waals surface area contributed by atoms with Gasteiger partial charge in [0.2, 0.25) is 5.88 Å². The summed E-state index contributed by atoms with van der Waals surface area (Å²) < 4.78 is 11.3. The molecule has 146 valence electrons. The fourth-order valence-corrected chi connectivity index (χ4v) is 3.12. The second-order valence-electron chi connectivity index (χ2n) is 6.44. The van der Waals surface area contributed by atoms with E-state index in [1.165, 1.54) is 12.6 Å². The predicted octanol–water partition coefficient (Wildman–Crippen LogP) is 3.37. The highest BCUT2D eigenvalue weighted by Crippen LogP contribution is 2.28. The summed E-state index contributed by atoms with van der Waals surface area (Å²) >= 11 is 0. The van der Waals surface area contributed by atoms with E-state index in [0.717, 1.165) is 16.3 Å². The molecule has 1 aromatic heterocycles. The van der Waals surface area contributed by atoms with Gasteiger partial charge in [-0.1, -0.05) is 30.4 Å². The normalized spacial score (nSPS) is 23.2. The molecule has 4 rings (SSSR count). The Morgan fingerprint density at radius 2 is 2.17 bits per heavy atom. The Morgan fingerprint density at radius 1 is 1.24 bits per heavy atom. The van der Waals surface area contributed by atoms with E-state index in [2.05, 4.69) is 9.98 Å². The van der Waals surface area contributed by atoms with E-state index < -0.39 is 12.1 Å². The van der Waals surface area contributed by atoms with Gasteiger partial charge in [-0.15, -0.1) is 0 Å². The average Bonchev–Trinajstić information content (AvgIpc) is 3.12. The maximum absolute atomic E-state index is 11.6. The number of allylic oxidation sites excluding steroid dienone is 2. The van der Waals surface area contributed by atoms with E-state index >= 15 is 0 Å². The van der Waals surface area contributed by atoms with Gasteiger partial charge in [-0.2, -0.15) is 0 Å². The lowest BCUT2D eigenvalue weighted by molar-refractivity contribution is -0.133. The molecule has 0 saturated heterocycles. The van der Waals surface area contributed by atoms with Gasteiger partial charge in [-0.05, 0) is 35.2 Å². The van der Waals surface area contributed by atoms with Gasteiger partial charge in [-0.3, -0.25) is 0 Å². The molecule has 4 bridgehead atoms. The van der Waals surface area contributed by atoms with E-state index in [-0.39, 0.29) is 5.70 Å². The van der Waals surface area contributed by atoms with Gasteiger partial charge in [0, 0.05) is 24.0 Å². The van der Waals surface area contributed by atoms with Crippen LogP contribution >= 0.6 is 0 Å². The highest BCUT2D eigenvalue weighted by atomic mass is 16.5. The third-order valence-corrected chi connectivity index (χ3v) is 4.46. The van der Waals surface area contributed by atoms with E-state index in [1.54, 1.807) is 23.4 Å². The molecule has 2 aliphatic rings. The van der Waals surface area contributed by atoms with Crippen molar-refractivity contribution < 1.29 is 19.4 Å². The van der Waals surface area contributed by atoms with Crippen molar-refractivity contribution in [3.8, 4) is 5.88 Å². The summed E-state index contributed by atoms with van der Waals surface area (Å²) in [6.07, 6.45) is 14.9. The van der Waals surface area contributed by atoms with Crippen molar-refractivity contribution >= 4 is 29.2 Å². The molecule has 1 N–H and O–H groups in total. The van der Waals surface area contributed by atoms with Crippen LogP contribution in [0.15, 0.2) is 77.9 Å². The summed E-state index contributed by atoms with van der Waals surface area (Å²) in [6.45, 7) is 0.724. The van der Waals surface area contributed by atoms with E-state index in [1.807, 2.05) is 48.6 Å². The molecule has 1 atom stereocenters. The van der Waals surface area contributed by atoms with Crippen LogP contribution in [0.25, 0.3) is 16.8 Å². The number of carboxylic acid groups (broad SMARTS) is 1.